The van der Waals surface area contributed by atoms with E-state index >= 15 is 0 Å². The number of hydrogen-bond acceptors (Lipinski definition) is 2. The van der Waals surface area contributed by atoms with Crippen molar-refractivity contribution in [3.05, 3.63) is 51.3 Å². The molecule has 2 N–H and O–H groups in total. The highest BCUT2D eigenvalue weighted by atomic mass is 35.5. The lowest BCUT2D eigenvalue weighted by atomic mass is 10.0. The summed E-state index contributed by atoms with van der Waals surface area (Å²) in [6.07, 6.45) is 0.637. The molecule has 0 aliphatic carbocycles. The molecule has 5 heteroatoms. The summed E-state index contributed by atoms with van der Waals surface area (Å²) < 4.78 is 1.80. The molecule has 1 unspecified atom stereocenters. The number of halogens is 2. The molecule has 18 heavy (non-hydrogen) atoms. The standard InChI is InChI=1S/C13H15Cl2N3/c1-8-6-12(18(2)17-8)11(16)7-9-4-3-5-10(14)13(9)15/h3-6,11H,7,16H2,1-2H3. The minimum atomic E-state index is -0.146. The summed E-state index contributed by atoms with van der Waals surface area (Å²) in [7, 11) is 1.89. The van der Waals surface area contributed by atoms with Crippen LogP contribution in [0.4, 0.5) is 0 Å². The molecule has 2 aromatic rings. The van der Waals surface area contributed by atoms with Gasteiger partial charge in [0.15, 0.2) is 0 Å². The monoisotopic (exact) mass is 283 g/mol. The Morgan fingerprint density at radius 3 is 2.72 bits per heavy atom. The van der Waals surface area contributed by atoms with Gasteiger partial charge in [0.05, 0.1) is 27.5 Å². The third-order valence-electron chi connectivity index (χ3n) is 2.89. The van der Waals surface area contributed by atoms with Crippen molar-refractivity contribution in [1.82, 2.24) is 9.78 Å². The van der Waals surface area contributed by atoms with Gasteiger partial charge in [-0.05, 0) is 31.0 Å². The van der Waals surface area contributed by atoms with Crippen molar-refractivity contribution in [2.75, 3.05) is 0 Å². The van der Waals surface area contributed by atoms with Crippen LogP contribution >= 0.6 is 23.2 Å². The van der Waals surface area contributed by atoms with E-state index in [-0.39, 0.29) is 6.04 Å². The summed E-state index contributed by atoms with van der Waals surface area (Å²) in [4.78, 5) is 0. The van der Waals surface area contributed by atoms with E-state index in [9.17, 15) is 0 Å². The summed E-state index contributed by atoms with van der Waals surface area (Å²) in [6.45, 7) is 1.95. The van der Waals surface area contributed by atoms with E-state index in [0.29, 0.717) is 16.5 Å². The minimum Gasteiger partial charge on any atom is -0.322 e. The third kappa shape index (κ3) is 2.69. The number of nitrogens with zero attached hydrogens (tertiary/aromatic N) is 2. The van der Waals surface area contributed by atoms with Crippen molar-refractivity contribution in [2.45, 2.75) is 19.4 Å². The van der Waals surface area contributed by atoms with Crippen LogP contribution < -0.4 is 5.73 Å². The summed E-state index contributed by atoms with van der Waals surface area (Å²) in [5.74, 6) is 0. The molecule has 1 aromatic carbocycles. The number of aryl methyl sites for hydroxylation is 2. The van der Waals surface area contributed by atoms with E-state index in [1.807, 2.05) is 32.2 Å². The maximum absolute atomic E-state index is 6.20. The second kappa shape index (κ2) is 5.31. The Hall–Kier alpha value is -1.03. The zero-order valence-electron chi connectivity index (χ0n) is 10.3. The molecule has 2 rings (SSSR count). The van der Waals surface area contributed by atoms with Gasteiger partial charge in [-0.3, -0.25) is 4.68 Å². The Kier molecular flexibility index (Phi) is 3.95. The SMILES string of the molecule is Cc1cc(C(N)Cc2cccc(Cl)c2Cl)n(C)n1. The molecule has 1 aromatic heterocycles. The first-order chi connectivity index (χ1) is 8.49. The highest BCUT2D eigenvalue weighted by molar-refractivity contribution is 6.42. The smallest absolute Gasteiger partial charge is 0.0624 e. The predicted molar refractivity (Wildman–Crippen MR) is 75.0 cm³/mol. The lowest BCUT2D eigenvalue weighted by molar-refractivity contribution is 0.615. The molecule has 0 saturated heterocycles. The Bertz CT molecular complexity index is 563. The second-order valence-corrected chi connectivity index (χ2v) is 5.14. The molecule has 0 radical (unpaired) electrons. The van der Waals surface area contributed by atoms with Gasteiger partial charge >= 0.3 is 0 Å². The fourth-order valence-electron chi connectivity index (χ4n) is 2.03. The molecule has 0 amide bonds. The van der Waals surface area contributed by atoms with Crippen molar-refractivity contribution in [3.8, 4) is 0 Å². The molecule has 0 aliphatic heterocycles. The molecule has 0 spiro atoms. The molecule has 1 atom stereocenters. The van der Waals surface area contributed by atoms with Gasteiger partial charge in [-0.2, -0.15) is 5.10 Å². The molecule has 0 saturated carbocycles. The van der Waals surface area contributed by atoms with E-state index in [4.69, 9.17) is 28.9 Å². The molecular weight excluding hydrogens is 269 g/mol. The van der Waals surface area contributed by atoms with Crippen molar-refractivity contribution in [1.29, 1.82) is 0 Å². The molecule has 3 nitrogen and oxygen atoms in total. The van der Waals surface area contributed by atoms with Crippen LogP contribution in [0.2, 0.25) is 10.0 Å². The van der Waals surface area contributed by atoms with Gasteiger partial charge in [-0.1, -0.05) is 35.3 Å². The van der Waals surface area contributed by atoms with Crippen LogP contribution in [0.25, 0.3) is 0 Å². The van der Waals surface area contributed by atoms with Crippen LogP contribution in [0, 0.1) is 6.92 Å². The molecule has 0 fully saturated rings. The molecule has 96 valence electrons. The lowest BCUT2D eigenvalue weighted by Crippen LogP contribution is -2.17. The summed E-state index contributed by atoms with van der Waals surface area (Å²) in [5.41, 5.74) is 9.10. The van der Waals surface area contributed by atoms with Gasteiger partial charge < -0.3 is 5.73 Å². The van der Waals surface area contributed by atoms with Gasteiger partial charge in [0.2, 0.25) is 0 Å². The summed E-state index contributed by atoms with van der Waals surface area (Å²) in [6, 6.07) is 7.44. The largest absolute Gasteiger partial charge is 0.322 e. The predicted octanol–water partition coefficient (Wildman–Crippen LogP) is 3.28. The first-order valence-corrected chi connectivity index (χ1v) is 6.43. The summed E-state index contributed by atoms with van der Waals surface area (Å²) in [5, 5.41) is 5.43. The highest BCUT2D eigenvalue weighted by Crippen LogP contribution is 2.28. The van der Waals surface area contributed by atoms with Crippen molar-refractivity contribution < 1.29 is 0 Å². The van der Waals surface area contributed by atoms with E-state index in [2.05, 4.69) is 5.10 Å². The molecule has 0 aliphatic rings. The zero-order valence-corrected chi connectivity index (χ0v) is 11.8. The van der Waals surface area contributed by atoms with Gasteiger partial charge in [0, 0.05) is 7.05 Å². The third-order valence-corrected chi connectivity index (χ3v) is 3.75. The summed E-state index contributed by atoms with van der Waals surface area (Å²) >= 11 is 12.1. The quantitative estimate of drug-likeness (QED) is 0.940. The Morgan fingerprint density at radius 2 is 2.11 bits per heavy atom. The fraction of sp³-hybridized carbons (Fsp3) is 0.308. The van der Waals surface area contributed by atoms with Gasteiger partial charge in [0.25, 0.3) is 0 Å². The average Bonchev–Trinajstić information content (AvgIpc) is 2.64. The van der Waals surface area contributed by atoms with Crippen molar-refractivity contribution in [3.63, 3.8) is 0 Å². The normalized spacial score (nSPS) is 12.7. The van der Waals surface area contributed by atoms with Gasteiger partial charge in [-0.25, -0.2) is 0 Å². The van der Waals surface area contributed by atoms with Crippen LogP contribution in [0.3, 0.4) is 0 Å². The van der Waals surface area contributed by atoms with E-state index < -0.39 is 0 Å². The minimum absolute atomic E-state index is 0.146. The van der Waals surface area contributed by atoms with Crippen molar-refractivity contribution in [2.24, 2.45) is 12.8 Å². The van der Waals surface area contributed by atoms with Crippen LogP contribution in [0.15, 0.2) is 24.3 Å². The molecule has 0 bridgehead atoms. The Labute approximate surface area is 117 Å². The number of hydrogen-bond donors (Lipinski definition) is 1. The van der Waals surface area contributed by atoms with E-state index in [1.54, 1.807) is 10.7 Å². The maximum atomic E-state index is 6.20. The number of benzene rings is 1. The first kappa shape index (κ1) is 13.4. The van der Waals surface area contributed by atoms with Crippen LogP contribution in [-0.2, 0) is 13.5 Å². The van der Waals surface area contributed by atoms with Crippen LogP contribution in [0.1, 0.15) is 23.0 Å². The topological polar surface area (TPSA) is 43.8 Å². The number of nitrogens with two attached hydrogens (primary N) is 1. The van der Waals surface area contributed by atoms with Gasteiger partial charge in [0.1, 0.15) is 0 Å². The highest BCUT2D eigenvalue weighted by Gasteiger charge is 2.14. The number of aromatic nitrogens is 2. The first-order valence-electron chi connectivity index (χ1n) is 5.68. The zero-order chi connectivity index (χ0) is 13.3. The lowest BCUT2D eigenvalue weighted by Gasteiger charge is -2.13. The van der Waals surface area contributed by atoms with Crippen LogP contribution in [0.5, 0.6) is 0 Å². The van der Waals surface area contributed by atoms with Crippen molar-refractivity contribution >= 4 is 23.2 Å². The average molecular weight is 284 g/mol. The van der Waals surface area contributed by atoms with E-state index in [1.165, 1.54) is 0 Å². The Morgan fingerprint density at radius 1 is 1.39 bits per heavy atom. The molecule has 1 heterocycles. The Balaban J connectivity index is 2.24. The molecular formula is C13H15Cl2N3. The second-order valence-electron chi connectivity index (χ2n) is 4.36. The fourth-order valence-corrected chi connectivity index (χ4v) is 2.42. The van der Waals surface area contributed by atoms with Crippen LogP contribution in [-0.4, -0.2) is 9.78 Å². The number of rotatable bonds is 3. The maximum Gasteiger partial charge on any atom is 0.0624 e. The van der Waals surface area contributed by atoms with E-state index in [0.717, 1.165) is 17.0 Å². The van der Waals surface area contributed by atoms with Gasteiger partial charge in [-0.15, -0.1) is 0 Å².